The van der Waals surface area contributed by atoms with E-state index in [0.717, 1.165) is 18.4 Å². The van der Waals surface area contributed by atoms with Gasteiger partial charge in [0.1, 0.15) is 0 Å². The molecule has 0 fully saturated rings. The molecule has 1 nitrogen and oxygen atoms in total. The van der Waals surface area contributed by atoms with Crippen LogP contribution >= 0.6 is 11.3 Å². The van der Waals surface area contributed by atoms with E-state index in [1.165, 1.54) is 4.88 Å². The normalized spacial score (nSPS) is 16.1. The van der Waals surface area contributed by atoms with Gasteiger partial charge in [-0.15, -0.1) is 11.3 Å². The van der Waals surface area contributed by atoms with Crippen LogP contribution < -0.4 is 0 Å². The molecular formula is C14H24OS. The Balaban J connectivity index is 2.48. The maximum absolute atomic E-state index is 10.1. The van der Waals surface area contributed by atoms with Gasteiger partial charge < -0.3 is 5.11 Å². The second-order valence-corrected chi connectivity index (χ2v) is 7.23. The molecule has 1 N–H and O–H groups in total. The van der Waals surface area contributed by atoms with Crippen LogP contribution in [0.2, 0.25) is 0 Å². The van der Waals surface area contributed by atoms with Crippen LogP contribution in [-0.4, -0.2) is 5.11 Å². The summed E-state index contributed by atoms with van der Waals surface area (Å²) in [4.78, 5) is 1.28. The Hall–Kier alpha value is -0.340. The summed E-state index contributed by atoms with van der Waals surface area (Å²) in [7, 11) is 0. The Bertz CT molecular complexity index is 322. The number of aliphatic hydroxyl groups is 1. The standard InChI is InChI=1S/C14H24OS/c1-10(8-14(3,4)5)6-13(15)12-7-11(2)16-9-12/h7,9-10,13,15H,6,8H2,1-5H3. The SMILES string of the molecule is Cc1cc(C(O)CC(C)CC(C)(C)C)cs1. The molecule has 16 heavy (non-hydrogen) atoms. The maximum Gasteiger partial charge on any atom is 0.0800 e. The molecule has 0 saturated carbocycles. The van der Waals surface area contributed by atoms with Crippen LogP contribution in [0.1, 0.15) is 57.1 Å². The molecular weight excluding hydrogens is 216 g/mol. The minimum absolute atomic E-state index is 0.290. The van der Waals surface area contributed by atoms with E-state index < -0.39 is 0 Å². The van der Waals surface area contributed by atoms with Gasteiger partial charge >= 0.3 is 0 Å². The van der Waals surface area contributed by atoms with Crippen LogP contribution in [0.15, 0.2) is 11.4 Å². The third-order valence-electron chi connectivity index (χ3n) is 2.72. The largest absolute Gasteiger partial charge is 0.388 e. The fourth-order valence-electron chi connectivity index (χ4n) is 2.28. The molecule has 0 aliphatic rings. The number of thiophene rings is 1. The van der Waals surface area contributed by atoms with Gasteiger partial charge in [0.2, 0.25) is 0 Å². The molecule has 0 saturated heterocycles. The molecule has 2 heteroatoms. The van der Waals surface area contributed by atoms with Crippen LogP contribution in [0.5, 0.6) is 0 Å². The van der Waals surface area contributed by atoms with E-state index >= 15 is 0 Å². The van der Waals surface area contributed by atoms with Crippen molar-refractivity contribution in [3.8, 4) is 0 Å². The topological polar surface area (TPSA) is 20.2 Å². The van der Waals surface area contributed by atoms with Crippen molar-refractivity contribution in [2.75, 3.05) is 0 Å². The number of rotatable bonds is 4. The smallest absolute Gasteiger partial charge is 0.0800 e. The van der Waals surface area contributed by atoms with Gasteiger partial charge in [0, 0.05) is 4.88 Å². The van der Waals surface area contributed by atoms with Gasteiger partial charge in [0.25, 0.3) is 0 Å². The highest BCUT2D eigenvalue weighted by molar-refractivity contribution is 7.10. The van der Waals surface area contributed by atoms with Crippen molar-refractivity contribution in [3.05, 3.63) is 21.9 Å². The lowest BCUT2D eigenvalue weighted by Crippen LogP contribution is -2.13. The summed E-state index contributed by atoms with van der Waals surface area (Å²) in [5, 5.41) is 12.2. The lowest BCUT2D eigenvalue weighted by atomic mass is 9.83. The zero-order valence-corrected chi connectivity index (χ0v) is 11.9. The minimum Gasteiger partial charge on any atom is -0.388 e. The van der Waals surface area contributed by atoms with Crippen LogP contribution in [-0.2, 0) is 0 Å². The second-order valence-electron chi connectivity index (χ2n) is 6.11. The summed E-state index contributed by atoms with van der Waals surface area (Å²) >= 11 is 1.71. The molecule has 2 atom stereocenters. The molecule has 2 unspecified atom stereocenters. The molecule has 1 heterocycles. The van der Waals surface area contributed by atoms with Gasteiger partial charge in [0.05, 0.1) is 6.10 Å². The fraction of sp³-hybridized carbons (Fsp3) is 0.714. The lowest BCUT2D eigenvalue weighted by Gasteiger charge is -2.24. The first kappa shape index (κ1) is 13.7. The highest BCUT2D eigenvalue weighted by Crippen LogP contribution is 2.31. The molecule has 0 spiro atoms. The third kappa shape index (κ3) is 4.67. The van der Waals surface area contributed by atoms with Crippen molar-refractivity contribution < 1.29 is 5.11 Å². The number of hydrogen-bond donors (Lipinski definition) is 1. The number of aryl methyl sites for hydroxylation is 1. The van der Waals surface area contributed by atoms with Crippen LogP contribution in [0.25, 0.3) is 0 Å². The number of aliphatic hydroxyl groups excluding tert-OH is 1. The number of hydrogen-bond acceptors (Lipinski definition) is 2. The van der Waals surface area contributed by atoms with Crippen LogP contribution in [0, 0.1) is 18.3 Å². The molecule has 0 aromatic carbocycles. The molecule has 92 valence electrons. The fourth-order valence-corrected chi connectivity index (χ4v) is 3.04. The van der Waals surface area contributed by atoms with Crippen molar-refractivity contribution in [2.24, 2.45) is 11.3 Å². The van der Waals surface area contributed by atoms with E-state index in [-0.39, 0.29) is 6.10 Å². The summed E-state index contributed by atoms with van der Waals surface area (Å²) in [6, 6.07) is 2.10. The molecule has 0 aliphatic carbocycles. The van der Waals surface area contributed by atoms with E-state index in [1.807, 2.05) is 0 Å². The first-order chi connectivity index (χ1) is 7.28. The first-order valence-corrected chi connectivity index (χ1v) is 6.89. The highest BCUT2D eigenvalue weighted by Gasteiger charge is 2.19. The van der Waals surface area contributed by atoms with Gasteiger partial charge in [-0.3, -0.25) is 0 Å². The zero-order valence-electron chi connectivity index (χ0n) is 11.1. The van der Waals surface area contributed by atoms with Crippen molar-refractivity contribution >= 4 is 11.3 Å². The Kier molecular flexibility index (Phi) is 4.57. The predicted octanol–water partition coefficient (Wildman–Crippen LogP) is 4.55. The Morgan fingerprint density at radius 1 is 1.38 bits per heavy atom. The minimum atomic E-state index is -0.290. The molecule has 1 aromatic heterocycles. The van der Waals surface area contributed by atoms with E-state index in [0.29, 0.717) is 11.3 Å². The lowest BCUT2D eigenvalue weighted by molar-refractivity contribution is 0.134. The van der Waals surface area contributed by atoms with Crippen LogP contribution in [0.3, 0.4) is 0 Å². The van der Waals surface area contributed by atoms with E-state index in [1.54, 1.807) is 11.3 Å². The summed E-state index contributed by atoms with van der Waals surface area (Å²) in [5.74, 6) is 0.565. The molecule has 1 aromatic rings. The molecule has 0 radical (unpaired) electrons. The van der Waals surface area contributed by atoms with Crippen LogP contribution in [0.4, 0.5) is 0 Å². The van der Waals surface area contributed by atoms with Crippen molar-refractivity contribution in [1.82, 2.24) is 0 Å². The summed E-state index contributed by atoms with van der Waals surface area (Å²) < 4.78 is 0. The van der Waals surface area contributed by atoms with Crippen molar-refractivity contribution in [2.45, 2.75) is 53.6 Å². The zero-order chi connectivity index (χ0) is 12.3. The molecule has 0 bridgehead atoms. The second kappa shape index (κ2) is 5.33. The van der Waals surface area contributed by atoms with E-state index in [2.05, 4.69) is 46.1 Å². The van der Waals surface area contributed by atoms with E-state index in [4.69, 9.17) is 0 Å². The Morgan fingerprint density at radius 3 is 2.44 bits per heavy atom. The predicted molar refractivity (Wildman–Crippen MR) is 71.9 cm³/mol. The Labute approximate surface area is 104 Å². The molecule has 0 amide bonds. The average Bonchev–Trinajstić information content (AvgIpc) is 2.47. The van der Waals surface area contributed by atoms with Crippen molar-refractivity contribution in [1.29, 1.82) is 0 Å². The van der Waals surface area contributed by atoms with E-state index in [9.17, 15) is 5.11 Å². The average molecular weight is 240 g/mol. The summed E-state index contributed by atoms with van der Waals surface area (Å²) in [6.07, 6.45) is 1.74. The highest BCUT2D eigenvalue weighted by atomic mass is 32.1. The summed E-state index contributed by atoms with van der Waals surface area (Å²) in [6.45, 7) is 11.1. The summed E-state index contributed by atoms with van der Waals surface area (Å²) in [5.41, 5.74) is 1.44. The first-order valence-electron chi connectivity index (χ1n) is 6.01. The third-order valence-corrected chi connectivity index (χ3v) is 3.60. The van der Waals surface area contributed by atoms with Gasteiger partial charge in [-0.25, -0.2) is 0 Å². The quantitative estimate of drug-likeness (QED) is 0.818. The van der Waals surface area contributed by atoms with Gasteiger partial charge in [0.15, 0.2) is 0 Å². The van der Waals surface area contributed by atoms with Gasteiger partial charge in [-0.05, 0) is 48.1 Å². The monoisotopic (exact) mass is 240 g/mol. The van der Waals surface area contributed by atoms with Gasteiger partial charge in [-0.2, -0.15) is 0 Å². The molecule has 1 rings (SSSR count). The maximum atomic E-state index is 10.1. The molecule has 0 aliphatic heterocycles. The van der Waals surface area contributed by atoms with Crippen molar-refractivity contribution in [3.63, 3.8) is 0 Å². The van der Waals surface area contributed by atoms with Gasteiger partial charge in [-0.1, -0.05) is 27.7 Å². The Morgan fingerprint density at radius 2 is 2.00 bits per heavy atom.